The predicted molar refractivity (Wildman–Crippen MR) is 95.5 cm³/mol. The molecule has 0 aromatic heterocycles. The molecule has 1 saturated heterocycles. The van der Waals surface area contributed by atoms with Crippen molar-refractivity contribution in [3.05, 3.63) is 29.8 Å². The maximum absolute atomic E-state index is 12.1. The number of ketones is 1. The first-order valence-electron chi connectivity index (χ1n) is 9.46. The van der Waals surface area contributed by atoms with E-state index in [-0.39, 0.29) is 24.3 Å². The number of Topliss-reactive ketones (excluding diaryl/α,β-unsaturated/α-hetero) is 1. The Morgan fingerprint density at radius 3 is 2.68 bits per heavy atom. The number of hydrogen-bond acceptors (Lipinski definition) is 4. The Bertz CT molecular complexity index is 613. The Morgan fingerprint density at radius 2 is 2.00 bits per heavy atom. The van der Waals surface area contributed by atoms with Crippen molar-refractivity contribution in [2.75, 3.05) is 0 Å². The van der Waals surface area contributed by atoms with Crippen LogP contribution in [0.2, 0.25) is 0 Å². The van der Waals surface area contributed by atoms with Crippen LogP contribution in [-0.4, -0.2) is 23.5 Å². The van der Waals surface area contributed by atoms with Crippen molar-refractivity contribution in [2.45, 2.75) is 76.9 Å². The number of carbonyl (C=O) groups excluding carboxylic acids is 2. The SMILES string of the molecule is CC(C)Oc1cccc(CCC2(C3CCCC3)CC(=O)CC(=O)O2)c1. The maximum Gasteiger partial charge on any atom is 0.313 e. The van der Waals surface area contributed by atoms with Crippen LogP contribution >= 0.6 is 0 Å². The molecule has 1 aliphatic carbocycles. The van der Waals surface area contributed by atoms with Crippen LogP contribution in [0.4, 0.5) is 0 Å². The zero-order valence-electron chi connectivity index (χ0n) is 15.3. The first-order chi connectivity index (χ1) is 12.0. The second kappa shape index (κ2) is 7.59. The lowest BCUT2D eigenvalue weighted by atomic mass is 9.76. The number of ether oxygens (including phenoxy) is 2. The highest BCUT2D eigenvalue weighted by Gasteiger charge is 2.47. The van der Waals surface area contributed by atoms with Gasteiger partial charge in [-0.2, -0.15) is 0 Å². The van der Waals surface area contributed by atoms with E-state index in [4.69, 9.17) is 9.47 Å². The van der Waals surface area contributed by atoms with Crippen molar-refractivity contribution in [1.82, 2.24) is 0 Å². The van der Waals surface area contributed by atoms with E-state index in [0.717, 1.165) is 43.4 Å². The van der Waals surface area contributed by atoms with Crippen molar-refractivity contribution in [1.29, 1.82) is 0 Å². The molecule has 1 aromatic rings. The van der Waals surface area contributed by atoms with E-state index in [0.29, 0.717) is 18.8 Å². The highest BCUT2D eigenvalue weighted by molar-refractivity contribution is 5.98. The zero-order valence-corrected chi connectivity index (χ0v) is 15.3. The van der Waals surface area contributed by atoms with Gasteiger partial charge in [0.05, 0.1) is 6.10 Å². The van der Waals surface area contributed by atoms with Gasteiger partial charge in [0.1, 0.15) is 23.6 Å². The normalized spacial score (nSPS) is 24.6. The van der Waals surface area contributed by atoms with Gasteiger partial charge >= 0.3 is 5.97 Å². The van der Waals surface area contributed by atoms with E-state index in [1.807, 2.05) is 26.0 Å². The molecule has 1 aliphatic heterocycles. The van der Waals surface area contributed by atoms with Gasteiger partial charge in [0, 0.05) is 6.42 Å². The van der Waals surface area contributed by atoms with Crippen molar-refractivity contribution in [3.63, 3.8) is 0 Å². The summed E-state index contributed by atoms with van der Waals surface area (Å²) in [5.41, 5.74) is 0.558. The molecule has 1 heterocycles. The highest BCUT2D eigenvalue weighted by atomic mass is 16.6. The van der Waals surface area contributed by atoms with E-state index < -0.39 is 5.60 Å². The van der Waals surface area contributed by atoms with Gasteiger partial charge in [0.25, 0.3) is 0 Å². The molecular weight excluding hydrogens is 316 g/mol. The Kier molecular flexibility index (Phi) is 5.45. The standard InChI is InChI=1S/C21H28O4/c1-15(2)24-19-9-5-6-16(12-19)10-11-21(17-7-3-4-8-17)14-18(22)13-20(23)25-21/h5-6,9,12,15,17H,3-4,7-8,10-11,13-14H2,1-2H3. The van der Waals surface area contributed by atoms with Gasteiger partial charge in [0.15, 0.2) is 0 Å². The minimum Gasteiger partial charge on any atom is -0.491 e. The van der Waals surface area contributed by atoms with Crippen molar-refractivity contribution < 1.29 is 19.1 Å². The monoisotopic (exact) mass is 344 g/mol. The number of aryl methyl sites for hydroxylation is 1. The third-order valence-electron chi connectivity index (χ3n) is 5.36. The van der Waals surface area contributed by atoms with Crippen molar-refractivity contribution in [3.8, 4) is 5.75 Å². The summed E-state index contributed by atoms with van der Waals surface area (Å²) in [5, 5.41) is 0. The molecule has 2 fully saturated rings. The molecule has 4 heteroatoms. The minimum atomic E-state index is -0.599. The topological polar surface area (TPSA) is 52.6 Å². The molecule has 1 saturated carbocycles. The molecule has 136 valence electrons. The quantitative estimate of drug-likeness (QED) is 0.572. The average Bonchev–Trinajstić information content (AvgIpc) is 3.07. The first kappa shape index (κ1) is 18.0. The summed E-state index contributed by atoms with van der Waals surface area (Å²) in [7, 11) is 0. The molecule has 0 radical (unpaired) electrons. The van der Waals surface area contributed by atoms with Gasteiger partial charge in [-0.15, -0.1) is 0 Å². The molecule has 0 spiro atoms. The lowest BCUT2D eigenvalue weighted by Gasteiger charge is -2.41. The van der Waals surface area contributed by atoms with Crippen molar-refractivity contribution in [2.24, 2.45) is 5.92 Å². The summed E-state index contributed by atoms with van der Waals surface area (Å²) in [6.07, 6.45) is 6.38. The molecule has 2 aliphatic rings. The molecule has 3 rings (SSSR count). The van der Waals surface area contributed by atoms with Gasteiger partial charge in [0.2, 0.25) is 0 Å². The molecular formula is C21H28O4. The minimum absolute atomic E-state index is 0.0278. The van der Waals surface area contributed by atoms with Crippen LogP contribution in [0.15, 0.2) is 24.3 Å². The number of esters is 1. The van der Waals surface area contributed by atoms with Crippen LogP contribution in [0, 0.1) is 5.92 Å². The Balaban J connectivity index is 1.75. The molecule has 0 N–H and O–H groups in total. The molecule has 0 amide bonds. The Morgan fingerprint density at radius 1 is 1.24 bits per heavy atom. The maximum atomic E-state index is 12.1. The van der Waals surface area contributed by atoms with E-state index in [2.05, 4.69) is 12.1 Å². The Labute approximate surface area is 149 Å². The lowest BCUT2D eigenvalue weighted by Crippen LogP contribution is -2.48. The molecule has 1 unspecified atom stereocenters. The molecule has 1 atom stereocenters. The number of rotatable bonds is 6. The van der Waals surface area contributed by atoms with E-state index in [1.165, 1.54) is 0 Å². The number of carbonyl (C=O) groups is 2. The summed E-state index contributed by atoms with van der Waals surface area (Å²) in [5.74, 6) is 0.856. The Hall–Kier alpha value is -1.84. The predicted octanol–water partition coefficient (Wildman–Crippen LogP) is 4.24. The number of hydrogen-bond donors (Lipinski definition) is 0. The highest BCUT2D eigenvalue weighted by Crippen LogP contribution is 2.43. The summed E-state index contributed by atoms with van der Waals surface area (Å²) in [6, 6.07) is 8.07. The molecule has 1 aromatic carbocycles. The molecule has 25 heavy (non-hydrogen) atoms. The lowest BCUT2D eigenvalue weighted by molar-refractivity contribution is -0.178. The second-order valence-corrected chi connectivity index (χ2v) is 7.73. The van der Waals surface area contributed by atoms with Gasteiger partial charge in [-0.1, -0.05) is 25.0 Å². The van der Waals surface area contributed by atoms with Crippen LogP contribution in [0.1, 0.15) is 64.4 Å². The number of benzene rings is 1. The largest absolute Gasteiger partial charge is 0.491 e. The fourth-order valence-electron chi connectivity index (χ4n) is 4.28. The summed E-state index contributed by atoms with van der Waals surface area (Å²) >= 11 is 0. The van der Waals surface area contributed by atoms with Crippen molar-refractivity contribution >= 4 is 11.8 Å². The third-order valence-corrected chi connectivity index (χ3v) is 5.36. The van der Waals surface area contributed by atoms with Crippen LogP contribution in [0.5, 0.6) is 5.75 Å². The molecule has 4 nitrogen and oxygen atoms in total. The first-order valence-corrected chi connectivity index (χ1v) is 9.46. The third kappa shape index (κ3) is 4.42. The summed E-state index contributed by atoms with van der Waals surface area (Å²) in [6.45, 7) is 4.02. The second-order valence-electron chi connectivity index (χ2n) is 7.73. The van der Waals surface area contributed by atoms with E-state index >= 15 is 0 Å². The fourth-order valence-corrected chi connectivity index (χ4v) is 4.28. The van der Waals surface area contributed by atoms with Gasteiger partial charge in [-0.25, -0.2) is 0 Å². The summed E-state index contributed by atoms with van der Waals surface area (Å²) in [4.78, 5) is 24.1. The smallest absolute Gasteiger partial charge is 0.313 e. The van der Waals surface area contributed by atoms with Crippen LogP contribution in [-0.2, 0) is 20.7 Å². The van der Waals surface area contributed by atoms with E-state index in [9.17, 15) is 9.59 Å². The fraction of sp³-hybridized carbons (Fsp3) is 0.619. The van der Waals surface area contributed by atoms with Gasteiger partial charge in [-0.05, 0) is 63.1 Å². The zero-order chi connectivity index (χ0) is 17.9. The average molecular weight is 344 g/mol. The van der Waals surface area contributed by atoms with Gasteiger partial charge in [-0.3, -0.25) is 9.59 Å². The van der Waals surface area contributed by atoms with E-state index in [1.54, 1.807) is 0 Å². The van der Waals surface area contributed by atoms with Crippen LogP contribution in [0.3, 0.4) is 0 Å². The van der Waals surface area contributed by atoms with Crippen LogP contribution in [0.25, 0.3) is 0 Å². The summed E-state index contributed by atoms with van der Waals surface area (Å²) < 4.78 is 11.6. The number of cyclic esters (lactones) is 1. The van der Waals surface area contributed by atoms with Crippen LogP contribution < -0.4 is 4.74 Å². The van der Waals surface area contributed by atoms with Gasteiger partial charge < -0.3 is 9.47 Å². The molecule has 0 bridgehead atoms.